The Morgan fingerprint density at radius 3 is 2.60 bits per heavy atom. The second-order valence-electron chi connectivity index (χ2n) is 7.30. The Balaban J connectivity index is 1.68. The van der Waals surface area contributed by atoms with Crippen LogP contribution in [-0.2, 0) is 4.79 Å². The Labute approximate surface area is 180 Å². The number of hydrogen-bond acceptors (Lipinski definition) is 4. The van der Waals surface area contributed by atoms with Crippen LogP contribution in [0.5, 0.6) is 0 Å². The molecule has 1 aliphatic heterocycles. The number of halogens is 1. The summed E-state index contributed by atoms with van der Waals surface area (Å²) in [5.41, 5.74) is 2.39. The van der Waals surface area contributed by atoms with Gasteiger partial charge in [-0.05, 0) is 43.2 Å². The van der Waals surface area contributed by atoms with Crippen molar-refractivity contribution in [2.75, 3.05) is 28.6 Å². The van der Waals surface area contributed by atoms with E-state index in [1.165, 1.54) is 0 Å². The van der Waals surface area contributed by atoms with Gasteiger partial charge in [-0.15, -0.1) is 0 Å². The third-order valence-electron chi connectivity index (χ3n) is 5.17. The van der Waals surface area contributed by atoms with Crippen LogP contribution >= 0.6 is 11.6 Å². The molecule has 0 radical (unpaired) electrons. The van der Waals surface area contributed by atoms with Crippen LogP contribution in [0, 0.1) is 0 Å². The maximum atomic E-state index is 13.3. The summed E-state index contributed by atoms with van der Waals surface area (Å²) in [5, 5.41) is 6.98. The maximum absolute atomic E-state index is 13.3. The average molecular weight is 423 g/mol. The van der Waals surface area contributed by atoms with E-state index >= 15 is 0 Å². The number of carbonyl (C=O) groups is 2. The minimum atomic E-state index is -0.281. The zero-order chi connectivity index (χ0) is 21.1. The molecule has 0 spiro atoms. The van der Waals surface area contributed by atoms with Crippen molar-refractivity contribution < 1.29 is 9.59 Å². The number of para-hydroxylation sites is 1. The van der Waals surface area contributed by atoms with Crippen LogP contribution in [0.4, 0.5) is 17.2 Å². The summed E-state index contributed by atoms with van der Waals surface area (Å²) in [5.74, 6) is 0.302. The smallest absolute Gasteiger partial charge is 0.259 e. The number of anilines is 3. The first-order chi connectivity index (χ1) is 14.5. The number of benzene rings is 2. The summed E-state index contributed by atoms with van der Waals surface area (Å²) in [4.78, 5) is 31.9. The molecular weight excluding hydrogens is 400 g/mol. The number of rotatable bonds is 5. The fourth-order valence-electron chi connectivity index (χ4n) is 3.58. The average Bonchev–Trinajstić information content (AvgIpc) is 3.29. The SMILES string of the molecule is CCC(=O)Nc1ccc(Cl)c(NC(=O)c2cc3ccccc3nc2N2CCCC2)c1. The fraction of sp³-hybridized carbons (Fsp3) is 0.261. The largest absolute Gasteiger partial charge is 0.356 e. The molecule has 3 aromatic rings. The molecule has 1 aromatic heterocycles. The number of amides is 2. The number of pyridine rings is 1. The predicted molar refractivity (Wildman–Crippen MR) is 122 cm³/mol. The van der Waals surface area contributed by atoms with Crippen molar-refractivity contribution in [2.24, 2.45) is 0 Å². The first-order valence-electron chi connectivity index (χ1n) is 10.1. The molecule has 2 aromatic carbocycles. The number of hydrogen-bond donors (Lipinski definition) is 2. The molecule has 0 saturated carbocycles. The molecule has 0 atom stereocenters. The quantitative estimate of drug-likeness (QED) is 0.600. The Morgan fingerprint density at radius 2 is 1.83 bits per heavy atom. The van der Waals surface area contributed by atoms with Crippen molar-refractivity contribution in [3.05, 3.63) is 59.1 Å². The van der Waals surface area contributed by atoms with Crippen LogP contribution in [0.25, 0.3) is 10.9 Å². The molecule has 4 rings (SSSR count). The maximum Gasteiger partial charge on any atom is 0.259 e. The number of nitrogens with one attached hydrogen (secondary N) is 2. The molecular formula is C23H23ClN4O2. The van der Waals surface area contributed by atoms with Crippen LogP contribution < -0.4 is 15.5 Å². The van der Waals surface area contributed by atoms with Gasteiger partial charge < -0.3 is 15.5 Å². The lowest BCUT2D eigenvalue weighted by molar-refractivity contribution is -0.115. The molecule has 1 fully saturated rings. The van der Waals surface area contributed by atoms with Crippen LogP contribution in [0.1, 0.15) is 36.5 Å². The number of nitrogens with zero attached hydrogens (tertiary/aromatic N) is 2. The van der Waals surface area contributed by atoms with Gasteiger partial charge in [0.15, 0.2) is 0 Å². The van der Waals surface area contributed by atoms with E-state index in [0.29, 0.717) is 34.2 Å². The highest BCUT2D eigenvalue weighted by Crippen LogP contribution is 2.30. The molecule has 2 heterocycles. The van der Waals surface area contributed by atoms with Gasteiger partial charge in [0.25, 0.3) is 5.91 Å². The van der Waals surface area contributed by atoms with Gasteiger partial charge in [0.05, 0.1) is 21.8 Å². The molecule has 154 valence electrons. The fourth-order valence-corrected chi connectivity index (χ4v) is 3.75. The van der Waals surface area contributed by atoms with Gasteiger partial charge in [0.2, 0.25) is 5.91 Å². The molecule has 0 bridgehead atoms. The van der Waals surface area contributed by atoms with Crippen molar-refractivity contribution in [3.8, 4) is 0 Å². The van der Waals surface area contributed by atoms with Gasteiger partial charge in [0, 0.05) is 30.6 Å². The van der Waals surface area contributed by atoms with E-state index in [1.54, 1.807) is 25.1 Å². The first kappa shape index (κ1) is 20.2. The molecule has 1 saturated heterocycles. The van der Waals surface area contributed by atoms with Crippen molar-refractivity contribution in [2.45, 2.75) is 26.2 Å². The van der Waals surface area contributed by atoms with Crippen molar-refractivity contribution in [1.82, 2.24) is 4.98 Å². The van der Waals surface area contributed by atoms with E-state index in [4.69, 9.17) is 16.6 Å². The van der Waals surface area contributed by atoms with Gasteiger partial charge in [-0.25, -0.2) is 4.98 Å². The highest BCUT2D eigenvalue weighted by Gasteiger charge is 2.22. The lowest BCUT2D eigenvalue weighted by Gasteiger charge is -2.21. The molecule has 0 aliphatic carbocycles. The van der Waals surface area contributed by atoms with Crippen LogP contribution in [0.3, 0.4) is 0 Å². The van der Waals surface area contributed by atoms with Gasteiger partial charge >= 0.3 is 0 Å². The van der Waals surface area contributed by atoms with Crippen molar-refractivity contribution in [3.63, 3.8) is 0 Å². The van der Waals surface area contributed by atoms with Crippen molar-refractivity contribution >= 4 is 51.5 Å². The molecule has 1 aliphatic rings. The summed E-state index contributed by atoms with van der Waals surface area (Å²) in [6, 6.07) is 14.7. The molecule has 2 amide bonds. The topological polar surface area (TPSA) is 74.3 Å². The summed E-state index contributed by atoms with van der Waals surface area (Å²) < 4.78 is 0. The lowest BCUT2D eigenvalue weighted by Crippen LogP contribution is -2.24. The highest BCUT2D eigenvalue weighted by molar-refractivity contribution is 6.34. The van der Waals surface area contributed by atoms with Gasteiger partial charge in [-0.2, -0.15) is 0 Å². The summed E-state index contributed by atoms with van der Waals surface area (Å²) in [6.07, 6.45) is 2.54. The molecule has 0 unspecified atom stereocenters. The molecule has 7 heteroatoms. The van der Waals surface area contributed by atoms with E-state index < -0.39 is 0 Å². The normalized spacial score (nSPS) is 13.5. The first-order valence-corrected chi connectivity index (χ1v) is 10.5. The number of carbonyl (C=O) groups excluding carboxylic acids is 2. The Morgan fingerprint density at radius 1 is 1.07 bits per heavy atom. The number of aromatic nitrogens is 1. The number of fused-ring (bicyclic) bond motifs is 1. The van der Waals surface area contributed by atoms with E-state index in [9.17, 15) is 9.59 Å². The predicted octanol–water partition coefficient (Wildman–Crippen LogP) is 5.09. The standard InChI is InChI=1S/C23H23ClN4O2/c1-2-21(29)25-16-9-10-18(24)20(14-16)27-23(30)17-13-15-7-3-4-8-19(15)26-22(17)28-11-5-6-12-28/h3-4,7-10,13-14H,2,5-6,11-12H2,1H3,(H,25,29)(H,27,30). The summed E-state index contributed by atoms with van der Waals surface area (Å²) in [7, 11) is 0. The van der Waals surface area contributed by atoms with Crippen LogP contribution in [0.15, 0.2) is 48.5 Å². The Bertz CT molecular complexity index is 1110. The molecule has 30 heavy (non-hydrogen) atoms. The van der Waals surface area contributed by atoms with Gasteiger partial charge in [0.1, 0.15) is 5.82 Å². The molecule has 2 N–H and O–H groups in total. The minimum absolute atomic E-state index is 0.107. The minimum Gasteiger partial charge on any atom is -0.356 e. The van der Waals surface area contributed by atoms with E-state index in [-0.39, 0.29) is 11.8 Å². The lowest BCUT2D eigenvalue weighted by atomic mass is 10.1. The summed E-state index contributed by atoms with van der Waals surface area (Å²) >= 11 is 6.31. The highest BCUT2D eigenvalue weighted by atomic mass is 35.5. The summed E-state index contributed by atoms with van der Waals surface area (Å²) in [6.45, 7) is 3.54. The zero-order valence-electron chi connectivity index (χ0n) is 16.7. The Kier molecular flexibility index (Phi) is 5.86. The molecule has 6 nitrogen and oxygen atoms in total. The third kappa shape index (κ3) is 4.24. The monoisotopic (exact) mass is 422 g/mol. The zero-order valence-corrected chi connectivity index (χ0v) is 17.5. The van der Waals surface area contributed by atoms with Gasteiger partial charge in [-0.1, -0.05) is 36.7 Å². The van der Waals surface area contributed by atoms with Gasteiger partial charge in [-0.3, -0.25) is 9.59 Å². The second-order valence-corrected chi connectivity index (χ2v) is 7.70. The Hall–Kier alpha value is -3.12. The van der Waals surface area contributed by atoms with Crippen LogP contribution in [0.2, 0.25) is 5.02 Å². The van der Waals surface area contributed by atoms with Crippen molar-refractivity contribution in [1.29, 1.82) is 0 Å². The van der Waals surface area contributed by atoms with E-state index in [2.05, 4.69) is 15.5 Å². The second kappa shape index (κ2) is 8.71. The third-order valence-corrected chi connectivity index (χ3v) is 5.50. The van der Waals surface area contributed by atoms with E-state index in [1.807, 2.05) is 30.3 Å². The van der Waals surface area contributed by atoms with Crippen LogP contribution in [-0.4, -0.2) is 29.9 Å². The van der Waals surface area contributed by atoms with E-state index in [0.717, 1.165) is 36.8 Å².